The molecule has 22 heavy (non-hydrogen) atoms. The summed E-state index contributed by atoms with van der Waals surface area (Å²) in [5, 5.41) is 3.90. The number of carbonyl (C=O) groups is 1. The molecule has 1 fully saturated rings. The lowest BCUT2D eigenvalue weighted by Gasteiger charge is -2.31. The lowest BCUT2D eigenvalue weighted by atomic mass is 9.97. The van der Waals surface area contributed by atoms with Crippen molar-refractivity contribution in [3.63, 3.8) is 0 Å². The average molecular weight is 343 g/mol. The SMILES string of the molecule is Cc1nc2c(s1)C(N(C)C(=O)NC1CCS(=O)(=O)C1)CCC2. The van der Waals surface area contributed by atoms with Gasteiger partial charge < -0.3 is 10.2 Å². The zero-order chi connectivity index (χ0) is 15.9. The summed E-state index contributed by atoms with van der Waals surface area (Å²) >= 11 is 1.66. The molecular formula is C14H21N3O3S2. The van der Waals surface area contributed by atoms with E-state index in [-0.39, 0.29) is 29.6 Å². The minimum absolute atomic E-state index is 0.0490. The minimum atomic E-state index is -2.98. The summed E-state index contributed by atoms with van der Waals surface area (Å²) in [7, 11) is -1.19. The van der Waals surface area contributed by atoms with Crippen molar-refractivity contribution >= 4 is 27.2 Å². The first-order valence-electron chi connectivity index (χ1n) is 7.55. The van der Waals surface area contributed by atoms with Crippen molar-refractivity contribution in [1.82, 2.24) is 15.2 Å². The molecule has 2 aliphatic rings. The van der Waals surface area contributed by atoms with E-state index in [1.807, 2.05) is 6.92 Å². The van der Waals surface area contributed by atoms with E-state index in [1.54, 1.807) is 23.3 Å². The summed E-state index contributed by atoms with van der Waals surface area (Å²) in [6.07, 6.45) is 3.45. The number of aromatic nitrogens is 1. The second kappa shape index (κ2) is 5.81. The van der Waals surface area contributed by atoms with Crippen molar-refractivity contribution in [2.24, 2.45) is 0 Å². The summed E-state index contributed by atoms with van der Waals surface area (Å²) in [4.78, 5) is 19.9. The van der Waals surface area contributed by atoms with Gasteiger partial charge in [-0.05, 0) is 32.6 Å². The van der Waals surface area contributed by atoms with Gasteiger partial charge in [0.25, 0.3) is 0 Å². The topological polar surface area (TPSA) is 79.4 Å². The van der Waals surface area contributed by atoms with Crippen LogP contribution >= 0.6 is 11.3 Å². The molecule has 0 saturated carbocycles. The predicted molar refractivity (Wildman–Crippen MR) is 85.9 cm³/mol. The zero-order valence-electron chi connectivity index (χ0n) is 12.8. The Morgan fingerprint density at radius 2 is 2.18 bits per heavy atom. The maximum atomic E-state index is 12.4. The highest BCUT2D eigenvalue weighted by atomic mass is 32.2. The Balaban J connectivity index is 1.69. The molecular weight excluding hydrogens is 322 g/mol. The van der Waals surface area contributed by atoms with Crippen LogP contribution in [0.25, 0.3) is 0 Å². The molecule has 0 radical (unpaired) electrons. The van der Waals surface area contributed by atoms with Crippen molar-refractivity contribution in [1.29, 1.82) is 0 Å². The Morgan fingerprint density at radius 3 is 2.86 bits per heavy atom. The number of nitrogens with zero attached hydrogens (tertiary/aromatic N) is 2. The van der Waals surface area contributed by atoms with Gasteiger partial charge in [-0.2, -0.15) is 0 Å². The van der Waals surface area contributed by atoms with Crippen LogP contribution in [-0.4, -0.2) is 48.9 Å². The van der Waals surface area contributed by atoms with Gasteiger partial charge in [0.15, 0.2) is 9.84 Å². The molecule has 1 aliphatic carbocycles. The van der Waals surface area contributed by atoms with Crippen LogP contribution in [0.4, 0.5) is 4.79 Å². The molecule has 2 atom stereocenters. The fraction of sp³-hybridized carbons (Fsp3) is 0.714. The number of urea groups is 1. The maximum Gasteiger partial charge on any atom is 0.317 e. The fourth-order valence-corrected chi connectivity index (χ4v) is 6.04. The third-order valence-corrected chi connectivity index (χ3v) is 7.26. The first-order chi connectivity index (χ1) is 10.4. The molecule has 0 bridgehead atoms. The molecule has 122 valence electrons. The molecule has 1 aromatic heterocycles. The molecule has 1 saturated heterocycles. The largest absolute Gasteiger partial charge is 0.334 e. The smallest absolute Gasteiger partial charge is 0.317 e. The van der Waals surface area contributed by atoms with E-state index >= 15 is 0 Å². The van der Waals surface area contributed by atoms with Gasteiger partial charge in [0, 0.05) is 13.1 Å². The van der Waals surface area contributed by atoms with Gasteiger partial charge in [-0.1, -0.05) is 0 Å². The summed E-state index contributed by atoms with van der Waals surface area (Å²) in [5.41, 5.74) is 1.11. The first-order valence-corrected chi connectivity index (χ1v) is 10.2. The number of amides is 2. The molecule has 0 aromatic carbocycles. The normalized spacial score (nSPS) is 26.5. The molecule has 1 aromatic rings. The Labute approximate surface area is 134 Å². The van der Waals surface area contributed by atoms with Crippen LogP contribution in [0, 0.1) is 6.92 Å². The second-order valence-corrected chi connectivity index (χ2v) is 9.58. The number of hydrogen-bond donors (Lipinski definition) is 1. The van der Waals surface area contributed by atoms with Crippen molar-refractivity contribution < 1.29 is 13.2 Å². The summed E-state index contributed by atoms with van der Waals surface area (Å²) in [6.45, 7) is 1.99. The quantitative estimate of drug-likeness (QED) is 0.886. The van der Waals surface area contributed by atoms with E-state index in [0.717, 1.165) is 30.0 Å². The third kappa shape index (κ3) is 3.12. The number of sulfone groups is 1. The minimum Gasteiger partial charge on any atom is -0.334 e. The van der Waals surface area contributed by atoms with E-state index in [9.17, 15) is 13.2 Å². The molecule has 8 heteroatoms. The van der Waals surface area contributed by atoms with Crippen molar-refractivity contribution in [2.45, 2.75) is 44.7 Å². The summed E-state index contributed by atoms with van der Waals surface area (Å²) in [6, 6.07) is -0.398. The molecule has 6 nitrogen and oxygen atoms in total. The van der Waals surface area contributed by atoms with Crippen LogP contribution < -0.4 is 5.32 Å². The number of aryl methyl sites for hydroxylation is 2. The molecule has 1 N–H and O–H groups in total. The number of hydrogen-bond acceptors (Lipinski definition) is 5. The number of rotatable bonds is 2. The average Bonchev–Trinajstić information content (AvgIpc) is 2.98. The van der Waals surface area contributed by atoms with Crippen molar-refractivity contribution in [3.05, 3.63) is 15.6 Å². The van der Waals surface area contributed by atoms with Crippen LogP contribution in [0.3, 0.4) is 0 Å². The molecule has 2 unspecified atom stereocenters. The van der Waals surface area contributed by atoms with Gasteiger partial charge in [-0.25, -0.2) is 18.2 Å². The predicted octanol–water partition coefficient (Wildman–Crippen LogP) is 1.66. The van der Waals surface area contributed by atoms with Gasteiger partial charge in [-0.15, -0.1) is 11.3 Å². The molecule has 2 amide bonds. The van der Waals surface area contributed by atoms with Crippen LogP contribution in [0.5, 0.6) is 0 Å². The number of nitrogens with one attached hydrogen (secondary N) is 1. The molecule has 0 spiro atoms. The lowest BCUT2D eigenvalue weighted by Crippen LogP contribution is -2.45. The summed E-state index contributed by atoms with van der Waals surface area (Å²) in [5.74, 6) is 0.228. The Kier molecular flexibility index (Phi) is 4.15. The molecule has 2 heterocycles. The highest BCUT2D eigenvalue weighted by Gasteiger charge is 2.33. The van der Waals surface area contributed by atoms with E-state index in [0.29, 0.717) is 6.42 Å². The number of thiazole rings is 1. The van der Waals surface area contributed by atoms with E-state index in [2.05, 4.69) is 10.3 Å². The van der Waals surface area contributed by atoms with Gasteiger partial charge in [0.1, 0.15) is 0 Å². The van der Waals surface area contributed by atoms with E-state index in [4.69, 9.17) is 0 Å². The second-order valence-electron chi connectivity index (χ2n) is 6.11. The van der Waals surface area contributed by atoms with Gasteiger partial charge in [0.2, 0.25) is 0 Å². The maximum absolute atomic E-state index is 12.4. The highest BCUT2D eigenvalue weighted by molar-refractivity contribution is 7.91. The monoisotopic (exact) mass is 343 g/mol. The summed E-state index contributed by atoms with van der Waals surface area (Å²) < 4.78 is 23.0. The van der Waals surface area contributed by atoms with E-state index in [1.165, 1.54) is 4.88 Å². The van der Waals surface area contributed by atoms with Crippen molar-refractivity contribution in [2.75, 3.05) is 18.6 Å². The molecule has 1 aliphatic heterocycles. The Morgan fingerprint density at radius 1 is 1.41 bits per heavy atom. The fourth-order valence-electron chi connectivity index (χ4n) is 3.22. The highest BCUT2D eigenvalue weighted by Crippen LogP contribution is 2.37. The Hall–Kier alpha value is -1.15. The third-order valence-electron chi connectivity index (χ3n) is 4.38. The lowest BCUT2D eigenvalue weighted by molar-refractivity contribution is 0.182. The van der Waals surface area contributed by atoms with Crippen LogP contribution in [-0.2, 0) is 16.3 Å². The van der Waals surface area contributed by atoms with Crippen LogP contribution in [0.1, 0.15) is 40.9 Å². The molecule has 3 rings (SSSR count). The Bertz CT molecular complexity index is 684. The van der Waals surface area contributed by atoms with Gasteiger partial charge in [-0.3, -0.25) is 0 Å². The van der Waals surface area contributed by atoms with E-state index < -0.39 is 9.84 Å². The first kappa shape index (κ1) is 15.7. The number of fused-ring (bicyclic) bond motifs is 1. The van der Waals surface area contributed by atoms with Crippen LogP contribution in [0.2, 0.25) is 0 Å². The van der Waals surface area contributed by atoms with Crippen molar-refractivity contribution in [3.8, 4) is 0 Å². The van der Waals surface area contributed by atoms with Crippen LogP contribution in [0.15, 0.2) is 0 Å². The number of carbonyl (C=O) groups excluding carboxylic acids is 1. The van der Waals surface area contributed by atoms with Gasteiger partial charge in [0.05, 0.1) is 33.1 Å². The standard InChI is InChI=1S/C14H21N3O3S2/c1-9-15-11-4-3-5-12(13(11)21-9)17(2)14(18)16-10-6-7-22(19,20)8-10/h10,12H,3-8H2,1-2H3,(H,16,18). The van der Waals surface area contributed by atoms with Gasteiger partial charge >= 0.3 is 6.03 Å². The zero-order valence-corrected chi connectivity index (χ0v) is 14.5.